The van der Waals surface area contributed by atoms with Crippen LogP contribution in [0.5, 0.6) is 0 Å². The molecule has 1 amide bonds. The van der Waals surface area contributed by atoms with Crippen molar-refractivity contribution < 1.29 is 9.18 Å². The number of amides is 1. The lowest BCUT2D eigenvalue weighted by Crippen LogP contribution is -2.05. The van der Waals surface area contributed by atoms with E-state index >= 15 is 0 Å². The number of hydrogen-bond acceptors (Lipinski definition) is 2. The molecule has 0 spiro atoms. The normalized spacial score (nSPS) is 15.1. The third-order valence-corrected chi connectivity index (χ3v) is 3.25. The van der Waals surface area contributed by atoms with Gasteiger partial charge in [-0.05, 0) is 24.3 Å². The number of rotatable bonds is 2. The van der Waals surface area contributed by atoms with Gasteiger partial charge in [-0.3, -0.25) is 4.79 Å². The third-order valence-electron chi connectivity index (χ3n) is 3.01. The molecule has 2 aromatic carbocycles. The van der Waals surface area contributed by atoms with Crippen molar-refractivity contribution in [1.29, 1.82) is 0 Å². The first-order chi connectivity index (χ1) is 9.65. The first-order valence-electron chi connectivity index (χ1n) is 5.97. The summed E-state index contributed by atoms with van der Waals surface area (Å²) in [7, 11) is 0. The molecular weight excluding hydrogens is 279 g/mol. The number of hydrogen-bond donors (Lipinski definition) is 2. The Bertz CT molecular complexity index is 728. The molecule has 20 heavy (non-hydrogen) atoms. The summed E-state index contributed by atoms with van der Waals surface area (Å²) in [6.07, 6.45) is 1.49. The van der Waals surface area contributed by atoms with Crippen molar-refractivity contribution in [3.63, 3.8) is 0 Å². The molecule has 0 radical (unpaired) electrons. The predicted molar refractivity (Wildman–Crippen MR) is 78.1 cm³/mol. The van der Waals surface area contributed by atoms with E-state index in [9.17, 15) is 9.18 Å². The quantitative estimate of drug-likeness (QED) is 0.823. The smallest absolute Gasteiger partial charge is 0.257 e. The number of benzene rings is 2. The Morgan fingerprint density at radius 2 is 2.00 bits per heavy atom. The first-order valence-corrected chi connectivity index (χ1v) is 6.35. The zero-order valence-corrected chi connectivity index (χ0v) is 11.0. The summed E-state index contributed by atoms with van der Waals surface area (Å²) in [5.41, 5.74) is 2.27. The Hall–Kier alpha value is -2.33. The third kappa shape index (κ3) is 2.26. The van der Waals surface area contributed by atoms with Crippen LogP contribution in [0.15, 0.2) is 48.7 Å². The van der Waals surface area contributed by atoms with Crippen molar-refractivity contribution in [2.45, 2.75) is 0 Å². The highest BCUT2D eigenvalue weighted by molar-refractivity contribution is 6.31. The van der Waals surface area contributed by atoms with E-state index in [2.05, 4.69) is 10.6 Å². The SMILES string of the molecule is O=C1Nc2ccccc2C1=CNc1ccc(Cl)cc1F. The maximum Gasteiger partial charge on any atom is 0.257 e. The molecule has 0 bridgehead atoms. The van der Waals surface area contributed by atoms with Crippen LogP contribution in [0.1, 0.15) is 5.56 Å². The van der Waals surface area contributed by atoms with E-state index < -0.39 is 5.82 Å². The minimum atomic E-state index is -0.471. The predicted octanol–water partition coefficient (Wildman–Crippen LogP) is 3.88. The Kier molecular flexibility index (Phi) is 3.16. The van der Waals surface area contributed by atoms with Gasteiger partial charge in [0.1, 0.15) is 5.82 Å². The van der Waals surface area contributed by atoms with Crippen LogP contribution >= 0.6 is 11.6 Å². The lowest BCUT2D eigenvalue weighted by Gasteiger charge is -2.04. The molecule has 0 saturated heterocycles. The molecule has 0 unspecified atom stereocenters. The summed E-state index contributed by atoms with van der Waals surface area (Å²) in [6.45, 7) is 0. The fourth-order valence-corrected chi connectivity index (χ4v) is 2.20. The number of para-hydroxylation sites is 1. The average Bonchev–Trinajstić information content (AvgIpc) is 2.74. The van der Waals surface area contributed by atoms with E-state index in [-0.39, 0.29) is 11.6 Å². The second kappa shape index (κ2) is 4.98. The van der Waals surface area contributed by atoms with Gasteiger partial charge in [-0.15, -0.1) is 0 Å². The highest BCUT2D eigenvalue weighted by Crippen LogP contribution is 2.31. The zero-order valence-electron chi connectivity index (χ0n) is 10.3. The summed E-state index contributed by atoms with van der Waals surface area (Å²) in [5, 5.41) is 5.87. The van der Waals surface area contributed by atoms with Gasteiger partial charge in [0.2, 0.25) is 0 Å². The fourth-order valence-electron chi connectivity index (χ4n) is 2.04. The molecule has 0 aliphatic carbocycles. The molecule has 2 aromatic rings. The van der Waals surface area contributed by atoms with Gasteiger partial charge in [-0.2, -0.15) is 0 Å². The molecule has 3 rings (SSSR count). The van der Waals surface area contributed by atoms with Gasteiger partial charge in [0, 0.05) is 22.5 Å². The molecule has 0 saturated carbocycles. The van der Waals surface area contributed by atoms with Crippen molar-refractivity contribution in [3.8, 4) is 0 Å². The average molecular weight is 289 g/mol. The monoisotopic (exact) mass is 288 g/mol. The van der Waals surface area contributed by atoms with Crippen LogP contribution in [0.25, 0.3) is 5.57 Å². The second-order valence-electron chi connectivity index (χ2n) is 4.33. The molecular formula is C15H10ClFN2O. The van der Waals surface area contributed by atoms with Gasteiger partial charge in [-0.1, -0.05) is 29.8 Å². The Balaban J connectivity index is 1.91. The summed E-state index contributed by atoms with van der Waals surface area (Å²) in [5.74, 6) is -0.686. The largest absolute Gasteiger partial charge is 0.358 e. The topological polar surface area (TPSA) is 41.1 Å². The van der Waals surface area contributed by atoms with E-state index in [0.717, 1.165) is 11.3 Å². The number of fused-ring (bicyclic) bond motifs is 1. The molecule has 0 atom stereocenters. The molecule has 2 N–H and O–H groups in total. The molecule has 1 aliphatic heterocycles. The highest BCUT2D eigenvalue weighted by Gasteiger charge is 2.23. The van der Waals surface area contributed by atoms with Crippen molar-refractivity contribution in [3.05, 3.63) is 65.1 Å². The van der Waals surface area contributed by atoms with Crippen LogP contribution in [0, 0.1) is 5.82 Å². The maximum atomic E-state index is 13.6. The fraction of sp³-hybridized carbons (Fsp3) is 0. The van der Waals surface area contributed by atoms with Gasteiger partial charge in [0.25, 0.3) is 5.91 Å². The number of nitrogens with one attached hydrogen (secondary N) is 2. The lowest BCUT2D eigenvalue weighted by molar-refractivity contribution is -0.110. The Morgan fingerprint density at radius 3 is 2.80 bits per heavy atom. The molecule has 100 valence electrons. The van der Waals surface area contributed by atoms with Gasteiger partial charge >= 0.3 is 0 Å². The van der Waals surface area contributed by atoms with Crippen molar-refractivity contribution >= 4 is 34.5 Å². The number of carbonyl (C=O) groups excluding carboxylic acids is 1. The van der Waals surface area contributed by atoms with Gasteiger partial charge < -0.3 is 10.6 Å². The van der Waals surface area contributed by atoms with Gasteiger partial charge in [0.15, 0.2) is 0 Å². The van der Waals surface area contributed by atoms with Crippen LogP contribution in [-0.4, -0.2) is 5.91 Å². The van der Waals surface area contributed by atoms with Crippen LogP contribution in [0.2, 0.25) is 5.02 Å². The summed E-state index contributed by atoms with van der Waals surface area (Å²) < 4.78 is 13.6. The number of halogens is 2. The van der Waals surface area contributed by atoms with Crippen LogP contribution in [0.4, 0.5) is 15.8 Å². The minimum Gasteiger partial charge on any atom is -0.358 e. The van der Waals surface area contributed by atoms with E-state index in [1.165, 1.54) is 18.3 Å². The van der Waals surface area contributed by atoms with Gasteiger partial charge in [0.05, 0.1) is 11.3 Å². The second-order valence-corrected chi connectivity index (χ2v) is 4.76. The summed E-state index contributed by atoms with van der Waals surface area (Å²) in [4.78, 5) is 11.9. The number of carbonyl (C=O) groups is 1. The van der Waals surface area contributed by atoms with Crippen molar-refractivity contribution in [2.75, 3.05) is 10.6 Å². The van der Waals surface area contributed by atoms with Crippen molar-refractivity contribution in [1.82, 2.24) is 0 Å². The maximum absolute atomic E-state index is 13.6. The highest BCUT2D eigenvalue weighted by atomic mass is 35.5. The Labute approximate surface area is 120 Å². The standard InChI is InChI=1S/C15H10ClFN2O/c16-9-5-6-14(12(17)7-9)18-8-11-10-3-1-2-4-13(10)19-15(11)20/h1-8,18H,(H,19,20). The van der Waals surface area contributed by atoms with Crippen LogP contribution < -0.4 is 10.6 Å². The Morgan fingerprint density at radius 1 is 1.20 bits per heavy atom. The molecule has 1 heterocycles. The zero-order chi connectivity index (χ0) is 14.1. The van der Waals surface area contributed by atoms with E-state index in [1.807, 2.05) is 24.3 Å². The van der Waals surface area contributed by atoms with Crippen LogP contribution in [0.3, 0.4) is 0 Å². The number of anilines is 2. The molecule has 0 fully saturated rings. The van der Waals surface area contributed by atoms with E-state index in [4.69, 9.17) is 11.6 Å². The minimum absolute atomic E-state index is 0.215. The summed E-state index contributed by atoms with van der Waals surface area (Å²) in [6, 6.07) is 11.6. The lowest BCUT2D eigenvalue weighted by atomic mass is 10.1. The van der Waals surface area contributed by atoms with E-state index in [0.29, 0.717) is 10.6 Å². The summed E-state index contributed by atoms with van der Waals surface area (Å²) >= 11 is 5.69. The molecule has 1 aliphatic rings. The van der Waals surface area contributed by atoms with E-state index in [1.54, 1.807) is 6.07 Å². The molecule has 3 nitrogen and oxygen atoms in total. The van der Waals surface area contributed by atoms with Crippen LogP contribution in [-0.2, 0) is 4.79 Å². The molecule has 0 aromatic heterocycles. The van der Waals surface area contributed by atoms with Crippen molar-refractivity contribution in [2.24, 2.45) is 0 Å². The first kappa shape index (κ1) is 12.7. The van der Waals surface area contributed by atoms with Gasteiger partial charge in [-0.25, -0.2) is 4.39 Å². The molecule has 5 heteroatoms.